The van der Waals surface area contributed by atoms with Crippen LogP contribution < -0.4 is 10.6 Å². The molecule has 4 nitrogen and oxygen atoms in total. The molecule has 0 unspecified atom stereocenters. The van der Waals surface area contributed by atoms with Crippen LogP contribution in [0.4, 0.5) is 10.1 Å². The van der Waals surface area contributed by atoms with E-state index in [2.05, 4.69) is 6.58 Å². The van der Waals surface area contributed by atoms with Gasteiger partial charge in [0, 0.05) is 23.4 Å². The number of anilines is 1. The van der Waals surface area contributed by atoms with Crippen LogP contribution in [0, 0.1) is 5.82 Å². The Labute approximate surface area is 173 Å². The van der Waals surface area contributed by atoms with Crippen LogP contribution in [-0.4, -0.2) is 18.4 Å². The predicted molar refractivity (Wildman–Crippen MR) is 115 cm³/mol. The maximum atomic E-state index is 15.4. The van der Waals surface area contributed by atoms with Gasteiger partial charge in [-0.05, 0) is 64.4 Å². The molecular weight excluding hydrogens is 379 g/mol. The van der Waals surface area contributed by atoms with Crippen molar-refractivity contribution in [3.05, 3.63) is 89.3 Å². The summed E-state index contributed by atoms with van der Waals surface area (Å²) in [4.78, 5) is 25.9. The molecule has 0 saturated heterocycles. The van der Waals surface area contributed by atoms with Crippen LogP contribution in [0.5, 0.6) is 0 Å². The van der Waals surface area contributed by atoms with E-state index >= 15 is 4.39 Å². The average Bonchev–Trinajstić information content (AvgIpc) is 3.34. The molecule has 0 spiro atoms. The Kier molecular flexibility index (Phi) is 4.07. The van der Waals surface area contributed by atoms with Gasteiger partial charge in [-0.1, -0.05) is 43.0 Å². The van der Waals surface area contributed by atoms with Crippen molar-refractivity contribution in [3.8, 4) is 22.3 Å². The molecule has 1 aliphatic carbocycles. The van der Waals surface area contributed by atoms with Gasteiger partial charge in [0.15, 0.2) is 0 Å². The van der Waals surface area contributed by atoms with E-state index in [4.69, 9.17) is 5.73 Å². The molecule has 0 atom stereocenters. The van der Waals surface area contributed by atoms with Crippen molar-refractivity contribution in [2.75, 3.05) is 11.4 Å². The first-order valence-electron chi connectivity index (χ1n) is 9.80. The van der Waals surface area contributed by atoms with E-state index in [1.807, 2.05) is 42.5 Å². The second-order valence-corrected chi connectivity index (χ2v) is 7.62. The van der Waals surface area contributed by atoms with Crippen LogP contribution in [-0.2, 0) is 17.6 Å². The third-order valence-corrected chi connectivity index (χ3v) is 6.02. The first-order valence-corrected chi connectivity index (χ1v) is 9.80. The van der Waals surface area contributed by atoms with E-state index in [-0.39, 0.29) is 11.5 Å². The molecule has 0 saturated carbocycles. The molecule has 0 aromatic heterocycles. The molecule has 3 aromatic rings. The number of carbonyl (C=O) groups excluding carboxylic acids is 2. The fourth-order valence-corrected chi connectivity index (χ4v) is 4.66. The van der Waals surface area contributed by atoms with Gasteiger partial charge in [-0.25, -0.2) is 4.39 Å². The molecule has 2 N–H and O–H groups in total. The fourth-order valence-electron chi connectivity index (χ4n) is 4.66. The van der Waals surface area contributed by atoms with E-state index < -0.39 is 11.7 Å². The second-order valence-electron chi connectivity index (χ2n) is 7.62. The van der Waals surface area contributed by atoms with E-state index in [9.17, 15) is 9.59 Å². The van der Waals surface area contributed by atoms with Gasteiger partial charge in [0.2, 0.25) is 11.8 Å². The molecule has 2 aliphatic rings. The van der Waals surface area contributed by atoms with Crippen LogP contribution >= 0.6 is 0 Å². The Balaban J connectivity index is 1.77. The molecular formula is C25H19FN2O2. The molecule has 0 fully saturated rings. The zero-order valence-corrected chi connectivity index (χ0v) is 16.2. The Bertz CT molecular complexity index is 1260. The van der Waals surface area contributed by atoms with Gasteiger partial charge in [0.05, 0.1) is 0 Å². The number of primary amides is 1. The van der Waals surface area contributed by atoms with Crippen molar-refractivity contribution >= 4 is 17.5 Å². The smallest absolute Gasteiger partial charge is 0.250 e. The standard InChI is InChI=1S/C25H19FN2O2/c1-2-22(29)28-10-9-14-7-8-16(12-21(14)28)23-20(26)13-19(25(27)30)18-11-15-5-3-4-6-17(15)24(18)23/h2-8,12-13H,1,9-11H2,(H2,27,30). The Hall–Kier alpha value is -3.73. The summed E-state index contributed by atoms with van der Waals surface area (Å²) < 4.78 is 15.4. The van der Waals surface area contributed by atoms with Crippen molar-refractivity contribution in [2.45, 2.75) is 12.8 Å². The van der Waals surface area contributed by atoms with Gasteiger partial charge in [-0.2, -0.15) is 0 Å². The highest BCUT2D eigenvalue weighted by atomic mass is 19.1. The van der Waals surface area contributed by atoms with Gasteiger partial charge in [0.1, 0.15) is 5.82 Å². The van der Waals surface area contributed by atoms with E-state index in [1.165, 1.54) is 12.1 Å². The lowest BCUT2D eigenvalue weighted by molar-refractivity contribution is -0.114. The molecule has 3 aromatic carbocycles. The van der Waals surface area contributed by atoms with Crippen molar-refractivity contribution in [3.63, 3.8) is 0 Å². The molecule has 1 heterocycles. The number of halogens is 1. The normalized spacial score (nSPS) is 13.6. The molecule has 0 bridgehead atoms. The molecule has 1 aliphatic heterocycles. The summed E-state index contributed by atoms with van der Waals surface area (Å²) >= 11 is 0. The number of carbonyl (C=O) groups is 2. The average molecular weight is 398 g/mol. The minimum Gasteiger partial charge on any atom is -0.366 e. The zero-order chi connectivity index (χ0) is 21.0. The number of benzene rings is 3. The first kappa shape index (κ1) is 18.3. The predicted octanol–water partition coefficient (Wildman–Crippen LogP) is 4.24. The molecule has 5 heteroatoms. The number of rotatable bonds is 3. The summed E-state index contributed by atoms with van der Waals surface area (Å²) in [5.74, 6) is -1.31. The summed E-state index contributed by atoms with van der Waals surface area (Å²) in [7, 11) is 0. The topological polar surface area (TPSA) is 63.4 Å². The maximum Gasteiger partial charge on any atom is 0.250 e. The highest BCUT2D eigenvalue weighted by Crippen LogP contribution is 2.46. The Morgan fingerprint density at radius 2 is 1.87 bits per heavy atom. The number of amides is 2. The van der Waals surface area contributed by atoms with Crippen LogP contribution in [0.3, 0.4) is 0 Å². The number of fused-ring (bicyclic) bond motifs is 4. The summed E-state index contributed by atoms with van der Waals surface area (Å²) in [5, 5.41) is 0. The third-order valence-electron chi connectivity index (χ3n) is 6.02. The van der Waals surface area contributed by atoms with Crippen molar-refractivity contribution in [1.82, 2.24) is 0 Å². The summed E-state index contributed by atoms with van der Waals surface area (Å²) in [6.45, 7) is 4.15. The largest absolute Gasteiger partial charge is 0.366 e. The summed E-state index contributed by atoms with van der Waals surface area (Å²) in [6.07, 6.45) is 2.57. The highest BCUT2D eigenvalue weighted by Gasteiger charge is 2.30. The molecule has 5 rings (SSSR count). The van der Waals surface area contributed by atoms with Crippen molar-refractivity contribution in [1.29, 1.82) is 0 Å². The van der Waals surface area contributed by atoms with Crippen molar-refractivity contribution in [2.24, 2.45) is 5.73 Å². The van der Waals surface area contributed by atoms with E-state index in [0.717, 1.165) is 34.4 Å². The van der Waals surface area contributed by atoms with Crippen LogP contribution in [0.15, 0.2) is 61.2 Å². The summed E-state index contributed by atoms with van der Waals surface area (Å²) in [6, 6.07) is 14.7. The van der Waals surface area contributed by atoms with Gasteiger partial charge < -0.3 is 10.6 Å². The molecule has 30 heavy (non-hydrogen) atoms. The molecule has 148 valence electrons. The molecule has 2 amide bonds. The van der Waals surface area contributed by atoms with E-state index in [1.54, 1.807) is 4.90 Å². The molecule has 0 radical (unpaired) electrons. The minimum absolute atomic E-state index is 0.175. The second kappa shape index (κ2) is 6.66. The number of hydrogen-bond acceptors (Lipinski definition) is 2. The zero-order valence-electron chi connectivity index (χ0n) is 16.2. The van der Waals surface area contributed by atoms with Gasteiger partial charge in [-0.15, -0.1) is 0 Å². The number of nitrogens with two attached hydrogens (primary N) is 1. The van der Waals surface area contributed by atoms with Crippen molar-refractivity contribution < 1.29 is 14.0 Å². The van der Waals surface area contributed by atoms with Crippen LogP contribution in [0.2, 0.25) is 0 Å². The highest BCUT2D eigenvalue weighted by molar-refractivity contribution is 6.04. The number of nitrogens with zero attached hydrogens (tertiary/aromatic N) is 1. The van der Waals surface area contributed by atoms with E-state index in [0.29, 0.717) is 29.7 Å². The third kappa shape index (κ3) is 2.59. The lowest BCUT2D eigenvalue weighted by Crippen LogP contribution is -2.26. The first-order chi connectivity index (χ1) is 14.5. The number of hydrogen-bond donors (Lipinski definition) is 1. The SMILES string of the molecule is C=CC(=O)N1CCc2ccc(-c3c(F)cc(C(N)=O)c4c3-c3ccccc3C4)cc21. The minimum atomic E-state index is -0.638. The quantitative estimate of drug-likeness (QED) is 0.525. The van der Waals surface area contributed by atoms with Gasteiger partial charge in [0.25, 0.3) is 0 Å². The lowest BCUT2D eigenvalue weighted by atomic mass is 9.90. The maximum absolute atomic E-state index is 15.4. The Morgan fingerprint density at radius 1 is 1.07 bits per heavy atom. The van der Waals surface area contributed by atoms with Gasteiger partial charge >= 0.3 is 0 Å². The Morgan fingerprint density at radius 3 is 2.63 bits per heavy atom. The lowest BCUT2D eigenvalue weighted by Gasteiger charge is -2.18. The van der Waals surface area contributed by atoms with Crippen LogP contribution in [0.1, 0.15) is 27.0 Å². The fraction of sp³-hybridized carbons (Fsp3) is 0.120. The van der Waals surface area contributed by atoms with Gasteiger partial charge in [-0.3, -0.25) is 9.59 Å². The van der Waals surface area contributed by atoms with Crippen LogP contribution in [0.25, 0.3) is 22.3 Å². The summed E-state index contributed by atoms with van der Waals surface area (Å²) in [5.41, 5.74) is 12.1. The monoisotopic (exact) mass is 398 g/mol.